The Labute approximate surface area is 169 Å². The van der Waals surface area contributed by atoms with E-state index < -0.39 is 10.0 Å². The van der Waals surface area contributed by atoms with Gasteiger partial charge in [-0.3, -0.25) is 4.79 Å². The van der Waals surface area contributed by atoms with Gasteiger partial charge in [-0.1, -0.05) is 32.0 Å². The molecular weight excluding hydrogens is 399 g/mol. The first-order valence-electron chi connectivity index (χ1n) is 9.20. The second-order valence-electron chi connectivity index (χ2n) is 6.44. The Morgan fingerprint density at radius 2 is 1.93 bits per heavy atom. The van der Waals surface area contributed by atoms with Crippen molar-refractivity contribution in [2.24, 2.45) is 0 Å². The van der Waals surface area contributed by atoms with Crippen LogP contribution in [0.1, 0.15) is 42.2 Å². The van der Waals surface area contributed by atoms with Crippen molar-refractivity contribution in [3.8, 4) is 0 Å². The largest absolute Gasteiger partial charge is 0.345 e. The summed E-state index contributed by atoms with van der Waals surface area (Å²) >= 11 is 1.44. The summed E-state index contributed by atoms with van der Waals surface area (Å²) in [6.07, 6.45) is 0.685. The molecule has 0 fully saturated rings. The topological polar surface area (TPSA) is 66.5 Å². The SMILES string of the molecule is CCN(CC)S(=O)(=O)c1cccc(C(=O)N[C@H]2CCSc3c(F)cccc32)c1. The molecule has 0 radical (unpaired) electrons. The third-order valence-corrected chi connectivity index (χ3v) is 7.98. The smallest absolute Gasteiger partial charge is 0.251 e. The summed E-state index contributed by atoms with van der Waals surface area (Å²) in [5.41, 5.74) is 1.03. The van der Waals surface area contributed by atoms with Gasteiger partial charge in [0.1, 0.15) is 5.82 Å². The minimum atomic E-state index is -3.64. The van der Waals surface area contributed by atoms with E-state index in [2.05, 4.69) is 5.32 Å². The number of carbonyl (C=O) groups excluding carboxylic acids is 1. The Morgan fingerprint density at radius 1 is 1.21 bits per heavy atom. The zero-order chi connectivity index (χ0) is 20.3. The molecule has 1 heterocycles. The van der Waals surface area contributed by atoms with Crippen molar-refractivity contribution in [1.29, 1.82) is 0 Å². The minimum absolute atomic E-state index is 0.0921. The van der Waals surface area contributed by atoms with Gasteiger partial charge in [-0.2, -0.15) is 4.31 Å². The van der Waals surface area contributed by atoms with Gasteiger partial charge in [0.2, 0.25) is 10.0 Å². The van der Waals surface area contributed by atoms with Crippen LogP contribution in [0.25, 0.3) is 0 Å². The van der Waals surface area contributed by atoms with Crippen molar-refractivity contribution in [1.82, 2.24) is 9.62 Å². The maximum Gasteiger partial charge on any atom is 0.251 e. The molecular formula is C20H23FN2O3S2. The summed E-state index contributed by atoms with van der Waals surface area (Å²) < 4.78 is 40.8. The van der Waals surface area contributed by atoms with Crippen LogP contribution in [0.3, 0.4) is 0 Å². The first-order valence-corrected chi connectivity index (χ1v) is 11.6. The number of rotatable bonds is 6. The van der Waals surface area contributed by atoms with Gasteiger partial charge in [-0.15, -0.1) is 11.8 Å². The van der Waals surface area contributed by atoms with Gasteiger partial charge in [-0.25, -0.2) is 12.8 Å². The van der Waals surface area contributed by atoms with Crippen molar-refractivity contribution in [3.05, 3.63) is 59.4 Å². The van der Waals surface area contributed by atoms with Crippen LogP contribution in [0, 0.1) is 5.82 Å². The maximum absolute atomic E-state index is 14.0. The predicted octanol–water partition coefficient (Wildman–Crippen LogP) is 3.82. The minimum Gasteiger partial charge on any atom is -0.345 e. The number of sulfonamides is 1. The van der Waals surface area contributed by atoms with Crippen LogP contribution in [0.2, 0.25) is 0 Å². The molecule has 3 rings (SSSR count). The van der Waals surface area contributed by atoms with Gasteiger partial charge in [0.05, 0.1) is 10.9 Å². The normalized spacial score (nSPS) is 16.6. The standard InChI is InChI=1S/C20H23FN2O3S2/c1-3-23(4-2)28(25,26)15-8-5-7-14(13-15)20(24)22-18-11-12-27-19-16(18)9-6-10-17(19)21/h5-10,13,18H,3-4,11-12H2,1-2H3,(H,22,24)/t18-/m0/s1. The number of thioether (sulfide) groups is 1. The molecule has 0 unspecified atom stereocenters. The number of nitrogens with one attached hydrogen (secondary N) is 1. The van der Waals surface area contributed by atoms with E-state index in [0.29, 0.717) is 30.2 Å². The zero-order valence-electron chi connectivity index (χ0n) is 15.8. The third kappa shape index (κ3) is 4.09. The third-order valence-electron chi connectivity index (χ3n) is 4.77. The van der Waals surface area contributed by atoms with E-state index in [-0.39, 0.29) is 28.2 Å². The fourth-order valence-corrected chi connectivity index (χ4v) is 5.93. The average molecular weight is 423 g/mol. The molecule has 1 N–H and O–H groups in total. The van der Waals surface area contributed by atoms with E-state index in [4.69, 9.17) is 0 Å². The van der Waals surface area contributed by atoms with Crippen LogP contribution < -0.4 is 5.32 Å². The zero-order valence-corrected chi connectivity index (χ0v) is 17.4. The fourth-order valence-electron chi connectivity index (χ4n) is 3.29. The van der Waals surface area contributed by atoms with Crippen molar-refractivity contribution < 1.29 is 17.6 Å². The molecule has 1 aliphatic heterocycles. The summed E-state index contributed by atoms with van der Waals surface area (Å²) in [6.45, 7) is 4.26. The highest BCUT2D eigenvalue weighted by Crippen LogP contribution is 2.37. The first-order chi connectivity index (χ1) is 13.4. The second kappa shape index (κ2) is 8.63. The van der Waals surface area contributed by atoms with E-state index in [1.165, 1.54) is 34.3 Å². The van der Waals surface area contributed by atoms with Gasteiger partial charge in [0.25, 0.3) is 5.91 Å². The molecule has 0 bridgehead atoms. The van der Waals surface area contributed by atoms with E-state index >= 15 is 0 Å². The van der Waals surface area contributed by atoms with Crippen LogP contribution >= 0.6 is 11.8 Å². The number of halogens is 1. The number of hydrogen-bond acceptors (Lipinski definition) is 4. The van der Waals surface area contributed by atoms with Crippen LogP contribution in [0.5, 0.6) is 0 Å². The molecule has 150 valence electrons. The quantitative estimate of drug-likeness (QED) is 0.769. The van der Waals surface area contributed by atoms with E-state index in [9.17, 15) is 17.6 Å². The number of carbonyl (C=O) groups is 1. The molecule has 1 amide bonds. The lowest BCUT2D eigenvalue weighted by Crippen LogP contribution is -2.32. The molecule has 28 heavy (non-hydrogen) atoms. The number of benzene rings is 2. The van der Waals surface area contributed by atoms with Crippen LogP contribution in [-0.2, 0) is 10.0 Å². The van der Waals surface area contributed by atoms with Gasteiger partial charge < -0.3 is 5.32 Å². The van der Waals surface area contributed by atoms with Crippen molar-refractivity contribution >= 4 is 27.7 Å². The van der Waals surface area contributed by atoms with E-state index in [0.717, 1.165) is 5.56 Å². The fraction of sp³-hybridized carbons (Fsp3) is 0.350. The maximum atomic E-state index is 14.0. The summed E-state index contributed by atoms with van der Waals surface area (Å²) in [5.74, 6) is 0.0485. The highest BCUT2D eigenvalue weighted by molar-refractivity contribution is 7.99. The summed E-state index contributed by atoms with van der Waals surface area (Å²) in [5, 5.41) is 2.93. The molecule has 0 aliphatic carbocycles. The Kier molecular flexibility index (Phi) is 6.42. The molecule has 0 spiro atoms. The summed E-state index contributed by atoms with van der Waals surface area (Å²) in [4.78, 5) is 13.4. The molecule has 8 heteroatoms. The molecule has 2 aromatic carbocycles. The molecule has 1 aliphatic rings. The molecule has 0 saturated carbocycles. The average Bonchev–Trinajstić information content (AvgIpc) is 2.69. The highest BCUT2D eigenvalue weighted by Gasteiger charge is 2.26. The number of fused-ring (bicyclic) bond motifs is 1. The lowest BCUT2D eigenvalue weighted by atomic mass is 10.0. The molecule has 5 nitrogen and oxygen atoms in total. The summed E-state index contributed by atoms with van der Waals surface area (Å²) in [6, 6.07) is 10.6. The van der Waals surface area contributed by atoms with Crippen molar-refractivity contribution in [2.75, 3.05) is 18.8 Å². The van der Waals surface area contributed by atoms with Gasteiger partial charge in [-0.05, 0) is 36.2 Å². The molecule has 1 atom stereocenters. The van der Waals surface area contributed by atoms with Crippen LogP contribution in [0.4, 0.5) is 4.39 Å². The van der Waals surface area contributed by atoms with Gasteiger partial charge in [0.15, 0.2) is 0 Å². The number of nitrogens with zero attached hydrogens (tertiary/aromatic N) is 1. The summed E-state index contributed by atoms with van der Waals surface area (Å²) in [7, 11) is -3.64. The van der Waals surface area contributed by atoms with Crippen molar-refractivity contribution in [3.63, 3.8) is 0 Å². The van der Waals surface area contributed by atoms with Crippen LogP contribution in [0.15, 0.2) is 52.3 Å². The Bertz CT molecular complexity index is 975. The van der Waals surface area contributed by atoms with E-state index in [1.54, 1.807) is 32.0 Å². The van der Waals surface area contributed by atoms with Crippen LogP contribution in [-0.4, -0.2) is 37.5 Å². The lowest BCUT2D eigenvalue weighted by Gasteiger charge is -2.26. The monoisotopic (exact) mass is 422 g/mol. The Morgan fingerprint density at radius 3 is 2.64 bits per heavy atom. The second-order valence-corrected chi connectivity index (χ2v) is 9.48. The Balaban J connectivity index is 1.85. The number of amides is 1. The predicted molar refractivity (Wildman–Crippen MR) is 108 cm³/mol. The Hall–Kier alpha value is -1.90. The molecule has 0 saturated heterocycles. The van der Waals surface area contributed by atoms with Gasteiger partial charge in [0, 0.05) is 29.3 Å². The molecule has 2 aromatic rings. The van der Waals surface area contributed by atoms with Crippen molar-refractivity contribution in [2.45, 2.75) is 36.1 Å². The number of hydrogen-bond donors (Lipinski definition) is 1. The lowest BCUT2D eigenvalue weighted by molar-refractivity contribution is 0.0934. The van der Waals surface area contributed by atoms with Gasteiger partial charge >= 0.3 is 0 Å². The first kappa shape index (κ1) is 20.8. The van der Waals surface area contributed by atoms with E-state index in [1.807, 2.05) is 6.07 Å². The molecule has 0 aromatic heterocycles. The highest BCUT2D eigenvalue weighted by atomic mass is 32.2.